The summed E-state index contributed by atoms with van der Waals surface area (Å²) in [4.78, 5) is 27.2. The van der Waals surface area contributed by atoms with Crippen LogP contribution in [0.25, 0.3) is 0 Å². The molecule has 32 nitrogen and oxygen atoms in total. The lowest BCUT2D eigenvalue weighted by Crippen LogP contribution is -2.67. The number of hydrogen-bond donors (Lipinski definition) is 14. The van der Waals surface area contributed by atoms with Crippen LogP contribution in [-0.4, -0.2) is 321 Å². The maximum atomic E-state index is 14.8. The summed E-state index contributed by atoms with van der Waals surface area (Å²) in [6.07, 6.45) is -38.9. The third-order valence-corrected chi connectivity index (χ3v) is 24.7. The molecule has 1 spiro atoms. The normalized spacial score (nSPS) is 51.3. The van der Waals surface area contributed by atoms with Gasteiger partial charge in [0.2, 0.25) is 0 Å². The van der Waals surface area contributed by atoms with Crippen molar-refractivity contribution in [2.75, 3.05) is 47.3 Å². The highest BCUT2D eigenvalue weighted by molar-refractivity contribution is 5.83. The molecule has 7 aliphatic heterocycles. The highest BCUT2D eigenvalue weighted by atomic mass is 16.8. The van der Waals surface area contributed by atoms with E-state index in [4.69, 9.17) is 75.8 Å². The lowest BCUT2D eigenvalue weighted by atomic mass is 9.41. The van der Waals surface area contributed by atoms with Gasteiger partial charge in [0, 0.05) is 38.9 Å². The van der Waals surface area contributed by atoms with Crippen molar-refractivity contribution in [1.82, 2.24) is 0 Å². The Balaban J connectivity index is 0.828. The fourth-order valence-electron chi connectivity index (χ4n) is 19.6. The molecule has 0 bridgehead atoms. The van der Waals surface area contributed by atoms with Gasteiger partial charge in [-0.15, -0.1) is 0 Å². The van der Waals surface area contributed by atoms with Gasteiger partial charge in [0.25, 0.3) is 0 Å². The van der Waals surface area contributed by atoms with Crippen molar-refractivity contribution in [1.29, 1.82) is 0 Å². The number of allylic oxidation sites excluding steroid dienone is 2. The van der Waals surface area contributed by atoms with Crippen LogP contribution in [0.2, 0.25) is 0 Å². The van der Waals surface area contributed by atoms with Gasteiger partial charge < -0.3 is 147 Å². The molecular weight excluding hydrogens is 1330 g/mol. The number of carbonyl (C=O) groups excluding carboxylic acids is 2. The predicted molar refractivity (Wildman–Crippen MR) is 335 cm³/mol. The number of fused-ring (bicyclic) bond motifs is 4. The van der Waals surface area contributed by atoms with E-state index < -0.39 is 239 Å². The molecule has 11 rings (SSSR count). The van der Waals surface area contributed by atoms with Gasteiger partial charge in [-0.1, -0.05) is 53.2 Å². The van der Waals surface area contributed by atoms with Crippen LogP contribution in [0.3, 0.4) is 0 Å². The van der Waals surface area contributed by atoms with E-state index in [-0.39, 0.29) is 41.0 Å². The maximum absolute atomic E-state index is 14.8. The smallest absolute Gasteiger partial charge is 0.313 e. The van der Waals surface area contributed by atoms with Crippen LogP contribution >= 0.6 is 0 Å². The molecule has 574 valence electrons. The van der Waals surface area contributed by atoms with E-state index in [2.05, 4.69) is 47.6 Å². The molecule has 37 atom stereocenters. The zero-order valence-corrected chi connectivity index (χ0v) is 58.7. The lowest BCUT2D eigenvalue weighted by molar-refractivity contribution is -0.394. The number of esters is 2. The molecule has 11 aliphatic rings. The molecule has 0 unspecified atom stereocenters. The minimum atomic E-state index is -2.02. The Morgan fingerprint density at radius 2 is 1.09 bits per heavy atom. The van der Waals surface area contributed by atoms with E-state index in [0.29, 0.717) is 38.5 Å². The van der Waals surface area contributed by atoms with E-state index in [9.17, 15) is 81.1 Å². The second-order valence-electron chi connectivity index (χ2n) is 31.4. The van der Waals surface area contributed by atoms with Crippen molar-refractivity contribution < 1.29 is 157 Å². The summed E-state index contributed by atoms with van der Waals surface area (Å²) in [6.45, 7) is 14.5. The SMILES string of the molecule is CO[C@@H]1[C@@H](O)[C@H](O[C@@H]2[C@@H](O)[C@H](O[C@@H]3CO[C@@H](O[C@H]4CC[C@]5(C)[C@@H]6CC[C@@]78C(=O)O[C@@](C)(C[C@H](CC(C)C)OC(C)=O)[C@H]7CC[C@@]8(C)C6=CC[C@H]5C4(C)C)[C@H](O[C@@H]4O[C@H](C)[C@@H](O[C@@H]5OC[C@@H](O)[C@H](O[C@@H]6O[C@H](CO)[C@@H](O)[C@H](OC)[C@H]6O)[C@H]5O)[C@H](O)[C@H]4O)[C@H]3O)O[C@H](CO)[C@H]2O)O[C@H](CO)[C@H]1O. The summed E-state index contributed by atoms with van der Waals surface area (Å²) < 4.78 is 96.2. The molecule has 0 amide bonds. The Morgan fingerprint density at radius 1 is 0.560 bits per heavy atom. The molecule has 100 heavy (non-hydrogen) atoms. The third kappa shape index (κ3) is 13.9. The second-order valence-corrected chi connectivity index (χ2v) is 31.4. The molecule has 4 aliphatic carbocycles. The van der Waals surface area contributed by atoms with Gasteiger partial charge >= 0.3 is 11.9 Å². The number of ether oxygens (including phenoxy) is 16. The fourth-order valence-corrected chi connectivity index (χ4v) is 19.6. The summed E-state index contributed by atoms with van der Waals surface area (Å²) >= 11 is 0. The van der Waals surface area contributed by atoms with Gasteiger partial charge in [-0.05, 0) is 93.8 Å². The molecule has 0 aromatic carbocycles. The maximum Gasteiger partial charge on any atom is 0.313 e. The molecule has 3 saturated carbocycles. The molecule has 10 fully saturated rings. The summed E-state index contributed by atoms with van der Waals surface area (Å²) in [6, 6.07) is 0. The van der Waals surface area contributed by atoms with Crippen molar-refractivity contribution in [2.45, 2.75) is 310 Å². The summed E-state index contributed by atoms with van der Waals surface area (Å²) in [5, 5.41) is 156. The Kier molecular flexibility index (Phi) is 24.1. The zero-order valence-electron chi connectivity index (χ0n) is 58.7. The highest BCUT2D eigenvalue weighted by Gasteiger charge is 2.77. The van der Waals surface area contributed by atoms with E-state index in [1.165, 1.54) is 33.6 Å². The zero-order chi connectivity index (χ0) is 72.8. The van der Waals surface area contributed by atoms with Gasteiger partial charge in [0.1, 0.15) is 140 Å². The van der Waals surface area contributed by atoms with Crippen LogP contribution < -0.4 is 0 Å². The molecule has 14 N–H and O–H groups in total. The van der Waals surface area contributed by atoms with Crippen LogP contribution in [0.5, 0.6) is 0 Å². The first-order valence-corrected chi connectivity index (χ1v) is 35.4. The molecule has 32 heteroatoms. The average Bonchev–Trinajstić information content (AvgIpc) is 1.47. The van der Waals surface area contributed by atoms with Crippen molar-refractivity contribution >= 4 is 11.9 Å². The largest absolute Gasteiger partial charge is 0.462 e. The molecule has 0 aromatic rings. The summed E-state index contributed by atoms with van der Waals surface area (Å²) in [5.41, 5.74) is -1.80. The number of cyclic esters (lactones) is 1. The second kappa shape index (κ2) is 30.7. The van der Waals surface area contributed by atoms with Crippen LogP contribution in [0.1, 0.15) is 120 Å². The van der Waals surface area contributed by atoms with Gasteiger partial charge in [-0.25, -0.2) is 0 Å². The van der Waals surface area contributed by atoms with Crippen molar-refractivity contribution in [3.05, 3.63) is 11.6 Å². The molecule has 0 radical (unpaired) electrons. The fraction of sp³-hybridized carbons (Fsp3) is 0.941. The van der Waals surface area contributed by atoms with Crippen molar-refractivity contribution in [3.63, 3.8) is 0 Å². The number of carbonyl (C=O) groups is 2. The van der Waals surface area contributed by atoms with Gasteiger partial charge in [0.05, 0.1) is 50.7 Å². The Hall–Kier alpha value is -2.44. The average molecular weight is 1440 g/mol. The minimum absolute atomic E-state index is 0.0151. The van der Waals surface area contributed by atoms with Gasteiger partial charge in [0.15, 0.2) is 37.7 Å². The number of aliphatic hydroxyl groups excluding tert-OH is 14. The molecule has 7 saturated heterocycles. The number of rotatable bonds is 22. The number of methoxy groups -OCH3 is 2. The summed E-state index contributed by atoms with van der Waals surface area (Å²) in [5.74, 6) is -0.347. The Morgan fingerprint density at radius 3 is 1.67 bits per heavy atom. The first-order chi connectivity index (χ1) is 47.2. The van der Waals surface area contributed by atoms with E-state index >= 15 is 0 Å². The number of aliphatic hydroxyl groups is 14. The van der Waals surface area contributed by atoms with Crippen molar-refractivity contribution in [3.8, 4) is 0 Å². The van der Waals surface area contributed by atoms with E-state index in [0.717, 1.165) is 19.3 Å². The molecule has 0 aromatic heterocycles. The lowest BCUT2D eigenvalue weighted by Gasteiger charge is -2.64. The van der Waals surface area contributed by atoms with Gasteiger partial charge in [-0.3, -0.25) is 9.59 Å². The van der Waals surface area contributed by atoms with E-state index in [1.54, 1.807) is 0 Å². The Bertz CT molecular complexity index is 2800. The van der Waals surface area contributed by atoms with Crippen molar-refractivity contribution in [2.24, 2.45) is 45.3 Å². The predicted octanol–water partition coefficient (Wildman–Crippen LogP) is -2.82. The summed E-state index contributed by atoms with van der Waals surface area (Å²) in [7, 11) is 2.40. The van der Waals surface area contributed by atoms with Crippen LogP contribution in [0.4, 0.5) is 0 Å². The third-order valence-electron chi connectivity index (χ3n) is 24.7. The van der Waals surface area contributed by atoms with Crippen LogP contribution in [0.15, 0.2) is 11.6 Å². The quantitative estimate of drug-likeness (QED) is 0.0384. The number of hydrogen-bond acceptors (Lipinski definition) is 32. The molecular formula is C68H110O32. The first-order valence-electron chi connectivity index (χ1n) is 35.4. The van der Waals surface area contributed by atoms with Gasteiger partial charge in [-0.2, -0.15) is 0 Å². The molecule has 7 heterocycles. The standard InChI is InChI=1S/C68H110O32/c1-27(2)20-30(90-29(4)72)21-67(9)39-15-18-66(8)32-12-13-38-64(5,6)40(16-17-65(38,7)31(32)14-19-68(39,66)63(84)100-67)95-62-56(44(77)37(26-88-62)94-59-50(83)55(43(76)36(24-71)91-59)98-61-49(82)54(86-11)42(75)35(23-70)93-61)99-58-46(79)45(78)51(28(3)89-58)96-57-47(80)52(33(73)25-87-57)97-60-48(81)53(85-10)41(74)34(22-69)92-60/h12,27-28,30-31,33-62,69-71,73-83H,13-26H2,1-11H3/t28-,30+,31-,33-,34-,35-,36-,37-,38+,39-,40+,41-,42-,43-,44+,45-,46-,47-,48-,49-,50-,51-,52+,53+,54+,55+,56-,57+,58+,59+,60+,61+,62+,65-,66+,67+,68+/m1/s1. The topological polar surface area (TPSA) is 465 Å². The Labute approximate surface area is 581 Å². The first kappa shape index (κ1) is 78.6. The minimum Gasteiger partial charge on any atom is -0.462 e. The van der Waals surface area contributed by atoms with Crippen LogP contribution in [-0.2, 0) is 85.4 Å². The van der Waals surface area contributed by atoms with Crippen LogP contribution in [0, 0.1) is 45.3 Å². The highest BCUT2D eigenvalue weighted by Crippen LogP contribution is 2.76. The van der Waals surface area contributed by atoms with E-state index in [1.807, 2.05) is 6.92 Å². The monoisotopic (exact) mass is 1440 g/mol.